The summed E-state index contributed by atoms with van der Waals surface area (Å²) in [5, 5.41) is 7.26. The van der Waals surface area contributed by atoms with E-state index in [0.717, 1.165) is 35.0 Å². The van der Waals surface area contributed by atoms with Gasteiger partial charge in [-0.2, -0.15) is 0 Å². The van der Waals surface area contributed by atoms with E-state index in [1.165, 1.54) is 16.6 Å². The van der Waals surface area contributed by atoms with Gasteiger partial charge in [-0.15, -0.1) is 17.9 Å². The number of nitrogens with one attached hydrogen (secondary N) is 1. The van der Waals surface area contributed by atoms with Gasteiger partial charge in [0.15, 0.2) is 5.16 Å². The third-order valence-electron chi connectivity index (χ3n) is 5.22. The van der Waals surface area contributed by atoms with Crippen molar-refractivity contribution in [3.05, 3.63) is 45.2 Å². The van der Waals surface area contributed by atoms with E-state index in [-0.39, 0.29) is 11.5 Å². The molecular formula is C21H24N4O3S2. The number of rotatable bonds is 6. The summed E-state index contributed by atoms with van der Waals surface area (Å²) in [6.45, 7) is 9.94. The maximum atomic E-state index is 13.3. The molecule has 0 saturated carbocycles. The molecule has 1 amide bonds. The van der Waals surface area contributed by atoms with E-state index < -0.39 is 5.25 Å². The number of allylic oxidation sites excluding steroid dienone is 1. The van der Waals surface area contributed by atoms with Gasteiger partial charge in [0, 0.05) is 17.5 Å². The largest absolute Gasteiger partial charge is 0.338 e. The lowest BCUT2D eigenvalue weighted by Crippen LogP contribution is -2.27. The molecule has 0 saturated heterocycles. The first-order valence-corrected chi connectivity index (χ1v) is 11.6. The number of amides is 1. The summed E-state index contributed by atoms with van der Waals surface area (Å²) in [6.07, 6.45) is 4.69. The summed E-state index contributed by atoms with van der Waals surface area (Å²) in [7, 11) is 0. The highest BCUT2D eigenvalue weighted by Crippen LogP contribution is 2.37. The van der Waals surface area contributed by atoms with Crippen molar-refractivity contribution in [2.45, 2.75) is 57.0 Å². The summed E-state index contributed by atoms with van der Waals surface area (Å²) >= 11 is 2.87. The van der Waals surface area contributed by atoms with E-state index in [1.54, 1.807) is 41.9 Å². The van der Waals surface area contributed by atoms with Crippen molar-refractivity contribution in [2.75, 3.05) is 5.32 Å². The molecule has 0 radical (unpaired) electrons. The number of nitrogens with zero attached hydrogens (tertiary/aromatic N) is 3. The number of hydrogen-bond donors (Lipinski definition) is 1. The van der Waals surface area contributed by atoms with Gasteiger partial charge >= 0.3 is 0 Å². The van der Waals surface area contributed by atoms with Gasteiger partial charge in [-0.3, -0.25) is 19.5 Å². The van der Waals surface area contributed by atoms with Gasteiger partial charge in [-0.05, 0) is 44.6 Å². The average Bonchev–Trinajstić information content (AvgIpc) is 3.26. The second kappa shape index (κ2) is 8.39. The topological polar surface area (TPSA) is 90.0 Å². The first-order chi connectivity index (χ1) is 14.4. The molecule has 1 aliphatic rings. The molecule has 3 heterocycles. The van der Waals surface area contributed by atoms with E-state index in [0.29, 0.717) is 29.2 Å². The molecular weight excluding hydrogens is 420 g/mol. The van der Waals surface area contributed by atoms with Crippen LogP contribution in [0.25, 0.3) is 10.2 Å². The Labute approximate surface area is 182 Å². The molecule has 0 spiro atoms. The third-order valence-corrected chi connectivity index (χ3v) is 7.46. The Morgan fingerprint density at radius 1 is 1.57 bits per heavy atom. The number of carbonyl (C=O) groups is 1. The molecule has 3 aromatic heterocycles. The Bertz CT molecular complexity index is 1180. The molecule has 1 aliphatic carbocycles. The van der Waals surface area contributed by atoms with Gasteiger partial charge < -0.3 is 4.52 Å². The number of hydrogen-bond acceptors (Lipinski definition) is 7. The van der Waals surface area contributed by atoms with E-state index in [4.69, 9.17) is 9.51 Å². The minimum absolute atomic E-state index is 0.0482. The fraction of sp³-hybridized carbons (Fsp3) is 0.429. The molecule has 30 heavy (non-hydrogen) atoms. The molecule has 3 aromatic rings. The SMILES string of the molecule is C=CCn1c(SC(C)C(=O)Nc2cc(C)no2)nc2sc3c(c2c1=O)CCC(C)C3. The van der Waals surface area contributed by atoms with E-state index in [9.17, 15) is 9.59 Å². The van der Waals surface area contributed by atoms with Crippen molar-refractivity contribution < 1.29 is 9.32 Å². The molecule has 2 atom stereocenters. The fourth-order valence-electron chi connectivity index (χ4n) is 3.64. The lowest BCUT2D eigenvalue weighted by atomic mass is 9.89. The molecule has 0 aromatic carbocycles. The summed E-state index contributed by atoms with van der Waals surface area (Å²) in [6, 6.07) is 1.66. The number of fused-ring (bicyclic) bond motifs is 3. The molecule has 2 unspecified atom stereocenters. The number of carbonyl (C=O) groups excluding carboxylic acids is 1. The van der Waals surface area contributed by atoms with Gasteiger partial charge in [-0.25, -0.2) is 4.98 Å². The van der Waals surface area contributed by atoms with Crippen molar-refractivity contribution in [1.29, 1.82) is 0 Å². The van der Waals surface area contributed by atoms with Gasteiger partial charge in [0.05, 0.1) is 16.3 Å². The fourth-order valence-corrected chi connectivity index (χ4v) is 5.98. The van der Waals surface area contributed by atoms with Crippen molar-refractivity contribution in [2.24, 2.45) is 5.92 Å². The molecule has 4 rings (SSSR count). The minimum Gasteiger partial charge on any atom is -0.338 e. The first-order valence-electron chi connectivity index (χ1n) is 9.94. The van der Waals surface area contributed by atoms with Crippen molar-refractivity contribution in [3.8, 4) is 0 Å². The van der Waals surface area contributed by atoms with Crippen molar-refractivity contribution in [3.63, 3.8) is 0 Å². The van der Waals surface area contributed by atoms with Crippen LogP contribution in [0.2, 0.25) is 0 Å². The Hall–Kier alpha value is -2.39. The Balaban J connectivity index is 1.67. The maximum absolute atomic E-state index is 13.3. The molecule has 7 nitrogen and oxygen atoms in total. The Morgan fingerprint density at radius 3 is 3.07 bits per heavy atom. The predicted octanol–water partition coefficient (Wildman–Crippen LogP) is 4.18. The summed E-state index contributed by atoms with van der Waals surface area (Å²) < 4.78 is 6.67. The second-order valence-electron chi connectivity index (χ2n) is 7.71. The van der Waals surface area contributed by atoms with Gasteiger partial charge in [0.25, 0.3) is 5.56 Å². The zero-order chi connectivity index (χ0) is 21.4. The number of thiophene rings is 1. The standard InChI is InChI=1S/C21H24N4O3S2/c1-5-8-25-20(27)17-14-7-6-11(2)9-15(14)30-19(17)23-21(25)29-13(4)18(26)22-16-10-12(3)24-28-16/h5,10-11,13H,1,6-9H2,2-4H3,(H,22,26). The average molecular weight is 445 g/mol. The number of aryl methyl sites for hydroxylation is 2. The first kappa shape index (κ1) is 20.9. The zero-order valence-electron chi connectivity index (χ0n) is 17.2. The van der Waals surface area contributed by atoms with Crippen LogP contribution in [0.5, 0.6) is 0 Å². The van der Waals surface area contributed by atoms with Crippen LogP contribution in [-0.2, 0) is 24.2 Å². The van der Waals surface area contributed by atoms with E-state index >= 15 is 0 Å². The van der Waals surface area contributed by atoms with Crippen LogP contribution >= 0.6 is 23.1 Å². The highest BCUT2D eigenvalue weighted by Gasteiger charge is 2.26. The maximum Gasteiger partial charge on any atom is 0.263 e. The highest BCUT2D eigenvalue weighted by molar-refractivity contribution is 8.00. The normalized spacial score (nSPS) is 17.0. The number of aromatic nitrogens is 3. The molecule has 0 aliphatic heterocycles. The van der Waals surface area contributed by atoms with E-state index in [2.05, 4.69) is 24.0 Å². The Kier molecular flexibility index (Phi) is 5.84. The molecule has 0 fully saturated rings. The van der Waals surface area contributed by atoms with E-state index in [1.807, 2.05) is 0 Å². The zero-order valence-corrected chi connectivity index (χ0v) is 18.9. The molecule has 1 N–H and O–H groups in total. The van der Waals surface area contributed by atoms with Crippen LogP contribution in [0, 0.1) is 12.8 Å². The van der Waals surface area contributed by atoms with Gasteiger partial charge in [0.2, 0.25) is 11.8 Å². The number of thioether (sulfide) groups is 1. The minimum atomic E-state index is -0.481. The van der Waals surface area contributed by atoms with Crippen molar-refractivity contribution >= 4 is 45.1 Å². The van der Waals surface area contributed by atoms with Gasteiger partial charge in [-0.1, -0.05) is 29.9 Å². The van der Waals surface area contributed by atoms with Crippen LogP contribution < -0.4 is 10.9 Å². The van der Waals surface area contributed by atoms with Gasteiger partial charge in [0.1, 0.15) is 4.83 Å². The Morgan fingerprint density at radius 2 is 2.37 bits per heavy atom. The van der Waals surface area contributed by atoms with Crippen LogP contribution in [0.1, 0.15) is 36.4 Å². The molecule has 9 heteroatoms. The summed E-state index contributed by atoms with van der Waals surface area (Å²) in [5.74, 6) is 0.685. The predicted molar refractivity (Wildman–Crippen MR) is 120 cm³/mol. The van der Waals surface area contributed by atoms with Crippen LogP contribution in [0.15, 0.2) is 33.2 Å². The number of anilines is 1. The molecule has 0 bridgehead atoms. The van der Waals surface area contributed by atoms with Crippen LogP contribution in [-0.4, -0.2) is 25.9 Å². The smallest absolute Gasteiger partial charge is 0.263 e. The summed E-state index contributed by atoms with van der Waals surface area (Å²) in [5.41, 5.74) is 1.80. The molecule has 158 valence electrons. The highest BCUT2D eigenvalue weighted by atomic mass is 32.2. The lowest BCUT2D eigenvalue weighted by molar-refractivity contribution is -0.115. The van der Waals surface area contributed by atoms with Crippen molar-refractivity contribution in [1.82, 2.24) is 14.7 Å². The quantitative estimate of drug-likeness (QED) is 0.348. The third kappa shape index (κ3) is 3.96. The van der Waals surface area contributed by atoms with Crippen LogP contribution in [0.3, 0.4) is 0 Å². The van der Waals surface area contributed by atoms with Crippen LogP contribution in [0.4, 0.5) is 5.88 Å². The lowest BCUT2D eigenvalue weighted by Gasteiger charge is -2.18. The second-order valence-corrected chi connectivity index (χ2v) is 10.1. The summed E-state index contributed by atoms with van der Waals surface area (Å²) in [4.78, 5) is 32.8. The monoisotopic (exact) mass is 444 g/mol.